The Labute approximate surface area is 178 Å². The van der Waals surface area contributed by atoms with Crippen LogP contribution < -0.4 is 10.0 Å². The van der Waals surface area contributed by atoms with E-state index < -0.39 is 10.0 Å². The molecule has 0 spiro atoms. The molecule has 0 saturated heterocycles. The lowest BCUT2D eigenvalue weighted by atomic mass is 10.1. The monoisotopic (exact) mass is 422 g/mol. The summed E-state index contributed by atoms with van der Waals surface area (Å²) < 4.78 is 28.8. The van der Waals surface area contributed by atoms with Gasteiger partial charge in [-0.05, 0) is 92.8 Å². The van der Waals surface area contributed by atoms with Crippen LogP contribution in [0.4, 0.5) is 11.4 Å². The Balaban J connectivity index is 1.91. The van der Waals surface area contributed by atoms with E-state index in [1.165, 1.54) is 6.07 Å². The van der Waals surface area contributed by atoms with Gasteiger partial charge in [0.25, 0.3) is 15.9 Å². The molecule has 0 heterocycles. The van der Waals surface area contributed by atoms with Crippen molar-refractivity contribution < 1.29 is 13.2 Å². The minimum Gasteiger partial charge on any atom is -0.322 e. The normalized spacial score (nSPS) is 11.2. The molecule has 30 heavy (non-hydrogen) atoms. The Kier molecular flexibility index (Phi) is 5.99. The van der Waals surface area contributed by atoms with Gasteiger partial charge in [0.2, 0.25) is 0 Å². The highest BCUT2D eigenvalue weighted by molar-refractivity contribution is 7.92. The SMILES string of the molecule is Cc1ccc(C)c(NS(=O)(=O)c2cc(C(=O)Nc3ccc(C)c(C)c3)ccc2C)c1. The number of carbonyl (C=O) groups is 1. The van der Waals surface area contributed by atoms with E-state index in [0.717, 1.165) is 22.3 Å². The zero-order valence-electron chi connectivity index (χ0n) is 17.8. The molecule has 0 aromatic heterocycles. The van der Waals surface area contributed by atoms with Crippen molar-refractivity contribution in [2.75, 3.05) is 10.0 Å². The second-order valence-electron chi connectivity index (χ2n) is 7.66. The number of sulfonamides is 1. The van der Waals surface area contributed by atoms with Crippen molar-refractivity contribution in [2.24, 2.45) is 0 Å². The first-order chi connectivity index (χ1) is 14.1. The Morgan fingerprint density at radius 2 is 1.40 bits per heavy atom. The molecule has 3 aromatic rings. The first-order valence-electron chi connectivity index (χ1n) is 9.66. The second-order valence-corrected chi connectivity index (χ2v) is 9.31. The number of hydrogen-bond donors (Lipinski definition) is 2. The van der Waals surface area contributed by atoms with Gasteiger partial charge in [-0.25, -0.2) is 8.42 Å². The number of rotatable bonds is 5. The lowest BCUT2D eigenvalue weighted by Crippen LogP contribution is -2.17. The third-order valence-electron chi connectivity index (χ3n) is 5.14. The lowest BCUT2D eigenvalue weighted by Gasteiger charge is -2.14. The number of aryl methyl sites for hydroxylation is 5. The minimum atomic E-state index is -3.85. The molecule has 3 aromatic carbocycles. The molecule has 5 nitrogen and oxygen atoms in total. The predicted octanol–water partition coefficient (Wildman–Crippen LogP) is 5.28. The first-order valence-corrected chi connectivity index (χ1v) is 11.1. The highest BCUT2D eigenvalue weighted by Gasteiger charge is 2.20. The maximum absolute atomic E-state index is 13.1. The van der Waals surface area contributed by atoms with E-state index in [9.17, 15) is 13.2 Å². The van der Waals surface area contributed by atoms with Crippen molar-refractivity contribution >= 4 is 27.3 Å². The van der Waals surface area contributed by atoms with E-state index in [-0.39, 0.29) is 16.4 Å². The van der Waals surface area contributed by atoms with Gasteiger partial charge < -0.3 is 5.32 Å². The molecule has 0 fully saturated rings. The number of hydrogen-bond acceptors (Lipinski definition) is 3. The fourth-order valence-electron chi connectivity index (χ4n) is 3.10. The molecule has 2 N–H and O–H groups in total. The Bertz CT molecular complexity index is 1230. The van der Waals surface area contributed by atoms with E-state index in [0.29, 0.717) is 16.9 Å². The van der Waals surface area contributed by atoms with Gasteiger partial charge in [-0.3, -0.25) is 9.52 Å². The van der Waals surface area contributed by atoms with Gasteiger partial charge in [0.15, 0.2) is 0 Å². The second kappa shape index (κ2) is 8.32. The minimum absolute atomic E-state index is 0.0798. The Morgan fingerprint density at radius 1 is 0.733 bits per heavy atom. The molecule has 0 radical (unpaired) electrons. The van der Waals surface area contributed by atoms with Crippen LogP contribution in [0.3, 0.4) is 0 Å². The number of carbonyl (C=O) groups excluding carboxylic acids is 1. The largest absolute Gasteiger partial charge is 0.322 e. The summed E-state index contributed by atoms with van der Waals surface area (Å²) in [6, 6.07) is 15.9. The molecule has 156 valence electrons. The van der Waals surface area contributed by atoms with Crippen LogP contribution >= 0.6 is 0 Å². The fourth-order valence-corrected chi connectivity index (χ4v) is 4.49. The molecule has 0 aliphatic rings. The average Bonchev–Trinajstić information content (AvgIpc) is 2.67. The summed E-state index contributed by atoms with van der Waals surface area (Å²) in [4.78, 5) is 12.8. The van der Waals surface area contributed by atoms with Crippen molar-refractivity contribution in [1.29, 1.82) is 0 Å². The van der Waals surface area contributed by atoms with Gasteiger partial charge in [0.1, 0.15) is 0 Å². The standard InChI is InChI=1S/C24H26N2O3S/c1-15-6-7-17(3)22(12-15)26-30(28,29)23-14-20(10-8-18(23)4)24(27)25-21-11-9-16(2)19(5)13-21/h6-14,26H,1-5H3,(H,25,27). The number of amides is 1. The zero-order valence-corrected chi connectivity index (χ0v) is 18.6. The number of benzene rings is 3. The summed E-state index contributed by atoms with van der Waals surface area (Å²) in [5.41, 5.74) is 6.02. The zero-order chi connectivity index (χ0) is 22.1. The van der Waals surface area contributed by atoms with Crippen LogP contribution in [0.1, 0.15) is 38.2 Å². The molecular formula is C24H26N2O3S. The summed E-state index contributed by atoms with van der Waals surface area (Å²) in [6.45, 7) is 9.43. The summed E-state index contributed by atoms with van der Waals surface area (Å²) in [5.74, 6) is -0.360. The molecule has 3 rings (SSSR count). The molecular weight excluding hydrogens is 396 g/mol. The van der Waals surface area contributed by atoms with Crippen LogP contribution in [-0.2, 0) is 10.0 Å². The van der Waals surface area contributed by atoms with Gasteiger partial charge in [-0.2, -0.15) is 0 Å². The molecule has 0 atom stereocenters. The van der Waals surface area contributed by atoms with E-state index in [2.05, 4.69) is 10.0 Å². The van der Waals surface area contributed by atoms with Gasteiger partial charge >= 0.3 is 0 Å². The van der Waals surface area contributed by atoms with Crippen LogP contribution in [0.2, 0.25) is 0 Å². The molecule has 0 aliphatic carbocycles. The van der Waals surface area contributed by atoms with Crippen molar-refractivity contribution in [3.05, 3.63) is 88.0 Å². The summed E-state index contributed by atoms with van der Waals surface area (Å²) in [5, 5.41) is 2.84. The molecule has 6 heteroatoms. The van der Waals surface area contributed by atoms with Gasteiger partial charge in [0.05, 0.1) is 10.6 Å². The van der Waals surface area contributed by atoms with Crippen molar-refractivity contribution in [3.63, 3.8) is 0 Å². The Morgan fingerprint density at radius 3 is 2.10 bits per heavy atom. The third kappa shape index (κ3) is 4.71. The smallest absolute Gasteiger partial charge is 0.262 e. The quantitative estimate of drug-likeness (QED) is 0.587. The van der Waals surface area contributed by atoms with E-state index >= 15 is 0 Å². The van der Waals surface area contributed by atoms with Crippen molar-refractivity contribution in [1.82, 2.24) is 0 Å². The highest BCUT2D eigenvalue weighted by Crippen LogP contribution is 2.24. The van der Waals surface area contributed by atoms with Crippen LogP contribution in [0.25, 0.3) is 0 Å². The first kappa shape index (κ1) is 21.6. The molecule has 1 amide bonds. The van der Waals surface area contributed by atoms with Gasteiger partial charge in [-0.1, -0.05) is 24.3 Å². The van der Waals surface area contributed by atoms with Gasteiger partial charge in [-0.15, -0.1) is 0 Å². The van der Waals surface area contributed by atoms with E-state index in [1.54, 1.807) is 25.1 Å². The average molecular weight is 423 g/mol. The Hall–Kier alpha value is -3.12. The maximum atomic E-state index is 13.1. The predicted molar refractivity (Wildman–Crippen MR) is 122 cm³/mol. The molecule has 0 aliphatic heterocycles. The summed E-state index contributed by atoms with van der Waals surface area (Å²) >= 11 is 0. The summed E-state index contributed by atoms with van der Waals surface area (Å²) in [7, 11) is -3.85. The molecule has 0 saturated carbocycles. The topological polar surface area (TPSA) is 75.3 Å². The number of anilines is 2. The lowest BCUT2D eigenvalue weighted by molar-refractivity contribution is 0.102. The van der Waals surface area contributed by atoms with Crippen LogP contribution in [0, 0.1) is 34.6 Å². The maximum Gasteiger partial charge on any atom is 0.262 e. The molecule has 0 bridgehead atoms. The summed E-state index contributed by atoms with van der Waals surface area (Å²) in [6.07, 6.45) is 0. The van der Waals surface area contributed by atoms with Crippen molar-refractivity contribution in [3.8, 4) is 0 Å². The van der Waals surface area contributed by atoms with Crippen LogP contribution in [-0.4, -0.2) is 14.3 Å². The van der Waals surface area contributed by atoms with Crippen molar-refractivity contribution in [2.45, 2.75) is 39.5 Å². The third-order valence-corrected chi connectivity index (χ3v) is 6.65. The van der Waals surface area contributed by atoms with Gasteiger partial charge in [0, 0.05) is 11.3 Å². The number of nitrogens with one attached hydrogen (secondary N) is 2. The highest BCUT2D eigenvalue weighted by atomic mass is 32.2. The van der Waals surface area contributed by atoms with E-state index in [1.807, 2.05) is 58.0 Å². The van der Waals surface area contributed by atoms with Crippen LogP contribution in [0.5, 0.6) is 0 Å². The fraction of sp³-hybridized carbons (Fsp3) is 0.208. The van der Waals surface area contributed by atoms with E-state index in [4.69, 9.17) is 0 Å². The molecule has 0 unspecified atom stereocenters. The van der Waals surface area contributed by atoms with Crippen LogP contribution in [0.15, 0.2) is 59.5 Å².